The lowest BCUT2D eigenvalue weighted by Crippen LogP contribution is -2.22. The van der Waals surface area contributed by atoms with Gasteiger partial charge in [0.2, 0.25) is 0 Å². The van der Waals surface area contributed by atoms with Crippen molar-refractivity contribution < 1.29 is 4.74 Å². The van der Waals surface area contributed by atoms with Gasteiger partial charge in [0.1, 0.15) is 16.5 Å². The van der Waals surface area contributed by atoms with Gasteiger partial charge in [0.05, 0.1) is 19.0 Å². The molecule has 7 nitrogen and oxygen atoms in total. The number of nitrogens with zero attached hydrogens (tertiary/aromatic N) is 3. The summed E-state index contributed by atoms with van der Waals surface area (Å²) in [5, 5.41) is 10.3. The van der Waals surface area contributed by atoms with E-state index < -0.39 is 5.56 Å². The van der Waals surface area contributed by atoms with Crippen molar-refractivity contribution in [3.05, 3.63) is 50.9 Å². The third-order valence-electron chi connectivity index (χ3n) is 4.13. The van der Waals surface area contributed by atoms with Crippen LogP contribution < -0.4 is 15.7 Å². The maximum absolute atomic E-state index is 11.5. The zero-order chi connectivity index (χ0) is 19.1. The van der Waals surface area contributed by atoms with E-state index >= 15 is 0 Å². The SMILES string of the molecule is CCN(CC)Cc1cc(/C(C)=N\Nc2cn[nH]c(=O)c2Cl)ccc1OC. The molecule has 1 aromatic heterocycles. The van der Waals surface area contributed by atoms with Gasteiger partial charge in [-0.1, -0.05) is 25.4 Å². The second-order valence-electron chi connectivity index (χ2n) is 5.72. The zero-order valence-electron chi connectivity index (χ0n) is 15.5. The smallest absolute Gasteiger partial charge is 0.285 e. The third-order valence-corrected chi connectivity index (χ3v) is 4.50. The standard InChI is InChI=1S/C18H24ClN5O2/c1-5-24(6-2)11-14-9-13(7-8-16(14)26-4)12(3)21-22-15-10-20-23-18(25)17(15)19/h7-10H,5-6,11H2,1-4H3,(H2,22,23,25)/b21-12-. The predicted octanol–water partition coefficient (Wildman–Crippen LogP) is 3.11. The van der Waals surface area contributed by atoms with Gasteiger partial charge in [-0.05, 0) is 43.8 Å². The van der Waals surface area contributed by atoms with Gasteiger partial charge in [0.15, 0.2) is 0 Å². The van der Waals surface area contributed by atoms with Crippen LogP contribution in [0.3, 0.4) is 0 Å². The Morgan fingerprint density at radius 2 is 2.12 bits per heavy atom. The molecular weight excluding hydrogens is 354 g/mol. The number of nitrogens with one attached hydrogen (secondary N) is 2. The molecule has 2 N–H and O–H groups in total. The van der Waals surface area contributed by atoms with Crippen molar-refractivity contribution in [2.45, 2.75) is 27.3 Å². The molecule has 0 bridgehead atoms. The highest BCUT2D eigenvalue weighted by Gasteiger charge is 2.10. The van der Waals surface area contributed by atoms with Gasteiger partial charge < -0.3 is 4.74 Å². The molecule has 8 heteroatoms. The normalized spacial score (nSPS) is 11.7. The summed E-state index contributed by atoms with van der Waals surface area (Å²) < 4.78 is 5.48. The fourth-order valence-corrected chi connectivity index (χ4v) is 2.62. The second-order valence-corrected chi connectivity index (χ2v) is 6.10. The van der Waals surface area contributed by atoms with E-state index in [0.29, 0.717) is 5.69 Å². The van der Waals surface area contributed by atoms with Gasteiger partial charge in [-0.3, -0.25) is 15.1 Å². The van der Waals surface area contributed by atoms with Gasteiger partial charge in [-0.25, -0.2) is 5.10 Å². The molecule has 140 valence electrons. The van der Waals surface area contributed by atoms with E-state index in [1.54, 1.807) is 7.11 Å². The number of aromatic amines is 1. The Bertz CT molecular complexity index is 831. The fraction of sp³-hybridized carbons (Fsp3) is 0.389. The minimum Gasteiger partial charge on any atom is -0.496 e. The van der Waals surface area contributed by atoms with E-state index in [1.807, 2.05) is 19.1 Å². The summed E-state index contributed by atoms with van der Waals surface area (Å²) >= 11 is 5.94. The highest BCUT2D eigenvalue weighted by Crippen LogP contribution is 2.22. The van der Waals surface area contributed by atoms with E-state index in [2.05, 4.69) is 45.5 Å². The summed E-state index contributed by atoms with van der Waals surface area (Å²) in [6, 6.07) is 5.95. The van der Waals surface area contributed by atoms with Gasteiger partial charge in [-0.2, -0.15) is 10.2 Å². The molecule has 0 aliphatic carbocycles. The number of aromatic nitrogens is 2. The number of benzene rings is 1. The Balaban J connectivity index is 2.26. The monoisotopic (exact) mass is 377 g/mol. The summed E-state index contributed by atoms with van der Waals surface area (Å²) in [4.78, 5) is 13.8. The lowest BCUT2D eigenvalue weighted by atomic mass is 10.1. The molecule has 0 aliphatic rings. The highest BCUT2D eigenvalue weighted by atomic mass is 35.5. The van der Waals surface area contributed by atoms with Gasteiger partial charge >= 0.3 is 0 Å². The maximum atomic E-state index is 11.5. The quantitative estimate of drug-likeness (QED) is 0.545. The van der Waals surface area contributed by atoms with Crippen LogP contribution in [0.4, 0.5) is 5.69 Å². The van der Waals surface area contributed by atoms with Crippen LogP contribution in [0.5, 0.6) is 5.75 Å². The van der Waals surface area contributed by atoms with E-state index in [9.17, 15) is 4.79 Å². The number of rotatable bonds is 8. The number of hydrogen-bond acceptors (Lipinski definition) is 6. The Labute approximate surface area is 158 Å². The van der Waals surface area contributed by atoms with E-state index in [0.717, 1.165) is 42.2 Å². The number of hydrogen-bond donors (Lipinski definition) is 2. The molecule has 2 rings (SSSR count). The van der Waals surface area contributed by atoms with Crippen molar-refractivity contribution in [3.8, 4) is 5.75 Å². The number of methoxy groups -OCH3 is 1. The van der Waals surface area contributed by atoms with E-state index in [1.165, 1.54) is 6.20 Å². The summed E-state index contributed by atoms with van der Waals surface area (Å²) in [6.07, 6.45) is 1.42. The molecule has 0 radical (unpaired) electrons. The Hall–Kier alpha value is -2.38. The molecule has 0 fully saturated rings. The highest BCUT2D eigenvalue weighted by molar-refractivity contribution is 6.32. The van der Waals surface area contributed by atoms with Crippen molar-refractivity contribution in [1.82, 2.24) is 15.1 Å². The first-order valence-corrected chi connectivity index (χ1v) is 8.81. The fourth-order valence-electron chi connectivity index (χ4n) is 2.49. The number of halogens is 1. The lowest BCUT2D eigenvalue weighted by molar-refractivity contribution is 0.289. The van der Waals surface area contributed by atoms with Crippen LogP contribution >= 0.6 is 11.6 Å². The summed E-state index contributed by atoms with van der Waals surface area (Å²) in [5.41, 5.74) is 5.49. The van der Waals surface area contributed by atoms with Crippen LogP contribution in [-0.2, 0) is 6.54 Å². The molecular formula is C18H24ClN5O2. The van der Waals surface area contributed by atoms with Crippen molar-refractivity contribution in [2.75, 3.05) is 25.6 Å². The lowest BCUT2D eigenvalue weighted by Gasteiger charge is -2.20. The first kappa shape index (κ1) is 19.9. The Morgan fingerprint density at radius 1 is 1.38 bits per heavy atom. The molecule has 1 aromatic carbocycles. The summed E-state index contributed by atoms with van der Waals surface area (Å²) in [5.74, 6) is 0.850. The molecule has 2 aromatic rings. The van der Waals surface area contributed by atoms with Gasteiger partial charge in [-0.15, -0.1) is 0 Å². The molecule has 0 spiro atoms. The average molecular weight is 378 g/mol. The van der Waals surface area contributed by atoms with Gasteiger partial charge in [0, 0.05) is 12.1 Å². The number of hydrazone groups is 1. The topological polar surface area (TPSA) is 82.6 Å². The largest absolute Gasteiger partial charge is 0.496 e. The third kappa shape index (κ3) is 4.83. The van der Waals surface area contributed by atoms with Crippen LogP contribution in [0.1, 0.15) is 31.9 Å². The second kappa shape index (κ2) is 9.35. The summed E-state index contributed by atoms with van der Waals surface area (Å²) in [7, 11) is 1.67. The number of H-pyrrole nitrogens is 1. The Kier molecular flexibility index (Phi) is 7.17. The van der Waals surface area contributed by atoms with Crippen LogP contribution in [0, 0.1) is 0 Å². The van der Waals surface area contributed by atoms with Crippen molar-refractivity contribution in [1.29, 1.82) is 0 Å². The average Bonchev–Trinajstić information content (AvgIpc) is 2.66. The van der Waals surface area contributed by atoms with Crippen LogP contribution in [0.2, 0.25) is 5.02 Å². The molecule has 0 saturated heterocycles. The molecule has 0 unspecified atom stereocenters. The first-order valence-electron chi connectivity index (χ1n) is 8.43. The van der Waals surface area contributed by atoms with E-state index in [-0.39, 0.29) is 5.02 Å². The molecule has 26 heavy (non-hydrogen) atoms. The maximum Gasteiger partial charge on any atom is 0.285 e. The van der Waals surface area contributed by atoms with Crippen molar-refractivity contribution in [3.63, 3.8) is 0 Å². The van der Waals surface area contributed by atoms with E-state index in [4.69, 9.17) is 16.3 Å². The van der Waals surface area contributed by atoms with Crippen LogP contribution in [0.15, 0.2) is 34.3 Å². The molecule has 1 heterocycles. The first-order chi connectivity index (χ1) is 12.5. The number of ether oxygens (including phenoxy) is 1. The van der Waals surface area contributed by atoms with Gasteiger partial charge in [0.25, 0.3) is 5.56 Å². The minimum atomic E-state index is -0.463. The molecule has 0 amide bonds. The summed E-state index contributed by atoms with van der Waals surface area (Å²) in [6.45, 7) is 8.88. The molecule has 0 atom stereocenters. The van der Waals surface area contributed by atoms with Crippen molar-refractivity contribution in [2.24, 2.45) is 5.10 Å². The van der Waals surface area contributed by atoms with Crippen LogP contribution in [-0.4, -0.2) is 41.0 Å². The minimum absolute atomic E-state index is 0.0218. The van der Waals surface area contributed by atoms with Crippen LogP contribution in [0.25, 0.3) is 0 Å². The Morgan fingerprint density at radius 3 is 2.77 bits per heavy atom. The number of anilines is 1. The van der Waals surface area contributed by atoms with Crippen molar-refractivity contribution >= 4 is 23.0 Å². The zero-order valence-corrected chi connectivity index (χ0v) is 16.2. The molecule has 0 aliphatic heterocycles. The predicted molar refractivity (Wildman–Crippen MR) is 105 cm³/mol. The molecule has 0 saturated carbocycles.